The molecule has 1 aromatic carbocycles. The summed E-state index contributed by atoms with van der Waals surface area (Å²) in [4.78, 5) is 19.1. The van der Waals surface area contributed by atoms with E-state index in [0.29, 0.717) is 24.0 Å². The number of aliphatic imine (C=N–C) groups is 1. The lowest BCUT2D eigenvalue weighted by molar-refractivity contribution is -0.141. The number of carbonyl (C=O) groups is 1. The van der Waals surface area contributed by atoms with Crippen molar-refractivity contribution in [3.05, 3.63) is 65.0 Å². The number of amides is 1. The van der Waals surface area contributed by atoms with Gasteiger partial charge in [0.15, 0.2) is 4.75 Å². The van der Waals surface area contributed by atoms with Crippen molar-refractivity contribution < 1.29 is 39.9 Å². The lowest BCUT2D eigenvalue weighted by Crippen LogP contribution is -2.45. The van der Waals surface area contributed by atoms with Crippen molar-refractivity contribution in [1.29, 1.82) is 0 Å². The molecule has 3 nitrogen and oxygen atoms in total. The second-order valence-electron chi connectivity index (χ2n) is 7.64. The van der Waals surface area contributed by atoms with Crippen LogP contribution >= 0.6 is 11.8 Å². The molecule has 2 heterocycles. The molecule has 1 aliphatic heterocycles. The highest BCUT2D eigenvalue weighted by molar-refractivity contribution is 8.16. The molecule has 0 N–H and O–H groups in total. The Balaban J connectivity index is 1.87. The monoisotopic (exact) mass is 496 g/mol. The fraction of sp³-hybridized carbons (Fsp3) is 0.381. The highest BCUT2D eigenvalue weighted by atomic mass is 32.2. The maximum absolute atomic E-state index is 15.3. The Bertz CT molecular complexity index is 1100. The molecule has 3 rings (SSSR count). The van der Waals surface area contributed by atoms with E-state index < -0.39 is 51.7 Å². The van der Waals surface area contributed by atoms with Crippen LogP contribution in [-0.2, 0) is 23.1 Å². The number of nitrogens with zero attached hydrogens (tertiary/aromatic N) is 2. The number of benzene rings is 1. The van der Waals surface area contributed by atoms with Gasteiger partial charge in [0.1, 0.15) is 5.69 Å². The number of pyridine rings is 1. The number of alkyl halides is 8. The highest BCUT2D eigenvalue weighted by Gasteiger charge is 2.61. The third kappa shape index (κ3) is 4.75. The van der Waals surface area contributed by atoms with Gasteiger partial charge in [-0.3, -0.25) is 9.78 Å². The Hall–Kier alpha value is -2.50. The van der Waals surface area contributed by atoms with Crippen LogP contribution in [-0.4, -0.2) is 20.7 Å². The predicted octanol–water partition coefficient (Wildman–Crippen LogP) is 6.84. The number of thioether (sulfide) groups is 1. The van der Waals surface area contributed by atoms with E-state index in [2.05, 4.69) is 9.98 Å². The number of hydrogen-bond donors (Lipinski definition) is 0. The Labute approximate surface area is 187 Å². The van der Waals surface area contributed by atoms with Crippen molar-refractivity contribution in [2.24, 2.45) is 4.99 Å². The van der Waals surface area contributed by atoms with Crippen LogP contribution in [0.4, 0.5) is 35.1 Å². The van der Waals surface area contributed by atoms with Crippen LogP contribution in [0, 0.1) is 0 Å². The second-order valence-corrected chi connectivity index (χ2v) is 9.13. The van der Waals surface area contributed by atoms with Gasteiger partial charge in [0.05, 0.1) is 10.6 Å². The summed E-state index contributed by atoms with van der Waals surface area (Å²) in [7, 11) is 0. The summed E-state index contributed by atoms with van der Waals surface area (Å²) in [6, 6.07) is 5.59. The fourth-order valence-corrected chi connectivity index (χ4v) is 4.73. The minimum absolute atomic E-state index is 0.0925. The molecule has 0 fully saturated rings. The molecular formula is C21H16F8N2OS. The van der Waals surface area contributed by atoms with Crippen molar-refractivity contribution in [3.63, 3.8) is 0 Å². The fourth-order valence-electron chi connectivity index (χ4n) is 3.42. The van der Waals surface area contributed by atoms with Crippen molar-refractivity contribution in [2.75, 3.05) is 0 Å². The lowest BCUT2D eigenvalue weighted by atomic mass is 9.93. The van der Waals surface area contributed by atoms with Crippen LogP contribution in [0.5, 0.6) is 0 Å². The van der Waals surface area contributed by atoms with Gasteiger partial charge in [-0.05, 0) is 36.6 Å². The quantitative estimate of drug-likeness (QED) is 0.426. The third-order valence-corrected chi connectivity index (χ3v) is 6.58. The summed E-state index contributed by atoms with van der Waals surface area (Å²) >= 11 is 0.340. The first-order chi connectivity index (χ1) is 15.1. The average molecular weight is 496 g/mol. The smallest absolute Gasteiger partial charge is 0.271 e. The van der Waals surface area contributed by atoms with Crippen molar-refractivity contribution in [2.45, 2.75) is 49.2 Å². The molecule has 1 aliphatic rings. The van der Waals surface area contributed by atoms with E-state index in [-0.39, 0.29) is 23.1 Å². The van der Waals surface area contributed by atoms with Gasteiger partial charge in [-0.25, -0.2) is 4.99 Å². The summed E-state index contributed by atoms with van der Waals surface area (Å²) in [5.74, 6) is -6.18. The molecule has 1 amide bonds. The van der Waals surface area contributed by atoms with E-state index >= 15 is 8.78 Å². The van der Waals surface area contributed by atoms with Gasteiger partial charge in [0, 0.05) is 18.2 Å². The SMILES string of the molecule is C[C@H](CC1=NC(=O)C(C)(C(F)(F)c2ccnc(C(F)(F)F)c2)S1)c1ccccc1C(F)(F)F. The first-order valence-corrected chi connectivity index (χ1v) is 10.3. The summed E-state index contributed by atoms with van der Waals surface area (Å²) in [6.45, 7) is 2.28. The van der Waals surface area contributed by atoms with Gasteiger partial charge in [-0.2, -0.15) is 35.1 Å². The number of hydrogen-bond acceptors (Lipinski definition) is 3. The summed E-state index contributed by atoms with van der Waals surface area (Å²) in [6.07, 6.45) is -9.27. The topological polar surface area (TPSA) is 42.3 Å². The van der Waals surface area contributed by atoms with Crippen LogP contribution in [0.2, 0.25) is 0 Å². The van der Waals surface area contributed by atoms with Crippen LogP contribution in [0.15, 0.2) is 47.6 Å². The Morgan fingerprint density at radius 3 is 2.24 bits per heavy atom. The molecule has 178 valence electrons. The van der Waals surface area contributed by atoms with Gasteiger partial charge < -0.3 is 0 Å². The number of aromatic nitrogens is 1. The lowest BCUT2D eigenvalue weighted by Gasteiger charge is -2.31. The van der Waals surface area contributed by atoms with E-state index in [1.165, 1.54) is 25.1 Å². The largest absolute Gasteiger partial charge is 0.433 e. The van der Waals surface area contributed by atoms with Crippen molar-refractivity contribution in [1.82, 2.24) is 4.98 Å². The van der Waals surface area contributed by atoms with E-state index in [1.54, 1.807) is 0 Å². The molecule has 0 radical (unpaired) electrons. The van der Waals surface area contributed by atoms with Crippen molar-refractivity contribution >= 4 is 22.7 Å². The zero-order chi connectivity index (χ0) is 24.8. The number of halogens is 8. The Kier molecular flexibility index (Phi) is 6.37. The van der Waals surface area contributed by atoms with Crippen molar-refractivity contribution in [3.8, 4) is 0 Å². The van der Waals surface area contributed by atoms with Crippen LogP contribution < -0.4 is 0 Å². The van der Waals surface area contributed by atoms with E-state index in [4.69, 9.17) is 0 Å². The van der Waals surface area contributed by atoms with Gasteiger partial charge in [-0.15, -0.1) is 0 Å². The first kappa shape index (κ1) is 25.1. The maximum Gasteiger partial charge on any atom is 0.433 e. The van der Waals surface area contributed by atoms with Crippen LogP contribution in [0.25, 0.3) is 0 Å². The third-order valence-electron chi connectivity index (χ3n) is 5.25. The zero-order valence-corrected chi connectivity index (χ0v) is 17.9. The van der Waals surface area contributed by atoms with E-state index in [1.807, 2.05) is 0 Å². The standard InChI is InChI=1S/C21H16F8N2OS/c1-11(13-5-3-4-6-14(13)20(24,25)26)9-16-31-17(32)18(2,33-16)19(22,23)12-7-8-30-15(10-12)21(27,28)29/h3-8,10-11H,9H2,1-2H3/t11-,18?/m1/s1. The highest BCUT2D eigenvalue weighted by Crippen LogP contribution is 2.52. The average Bonchev–Trinajstić information content (AvgIpc) is 3.01. The molecular weight excluding hydrogens is 480 g/mol. The van der Waals surface area contributed by atoms with Gasteiger partial charge >= 0.3 is 12.4 Å². The molecule has 1 unspecified atom stereocenters. The number of carbonyl (C=O) groups excluding carboxylic acids is 1. The number of rotatable bonds is 5. The minimum atomic E-state index is -4.97. The predicted molar refractivity (Wildman–Crippen MR) is 106 cm³/mol. The van der Waals surface area contributed by atoms with Crippen LogP contribution in [0.3, 0.4) is 0 Å². The summed E-state index contributed by atoms with van der Waals surface area (Å²) < 4.78 is 107. The molecule has 33 heavy (non-hydrogen) atoms. The Morgan fingerprint density at radius 1 is 1.00 bits per heavy atom. The Morgan fingerprint density at radius 2 is 1.64 bits per heavy atom. The van der Waals surface area contributed by atoms with E-state index in [0.717, 1.165) is 13.0 Å². The minimum Gasteiger partial charge on any atom is -0.271 e. The molecule has 0 spiro atoms. The van der Waals surface area contributed by atoms with Gasteiger partial charge in [0.25, 0.3) is 11.8 Å². The molecule has 12 heteroatoms. The zero-order valence-electron chi connectivity index (χ0n) is 17.1. The molecule has 0 aliphatic carbocycles. The van der Waals surface area contributed by atoms with Crippen LogP contribution in [0.1, 0.15) is 48.6 Å². The van der Waals surface area contributed by atoms with Gasteiger partial charge in [0.2, 0.25) is 0 Å². The maximum atomic E-state index is 15.3. The van der Waals surface area contributed by atoms with Gasteiger partial charge in [-0.1, -0.05) is 36.9 Å². The normalized spacial score (nSPS) is 20.7. The molecule has 0 saturated carbocycles. The summed E-state index contributed by atoms with van der Waals surface area (Å²) in [5, 5.41) is -0.128. The molecule has 1 aromatic heterocycles. The van der Waals surface area contributed by atoms with E-state index in [9.17, 15) is 31.1 Å². The molecule has 0 saturated heterocycles. The second kappa shape index (κ2) is 8.37. The molecule has 2 atom stereocenters. The molecule has 0 bridgehead atoms. The first-order valence-electron chi connectivity index (χ1n) is 9.46. The molecule has 2 aromatic rings. The summed E-state index contributed by atoms with van der Waals surface area (Å²) in [5.41, 5.74) is -3.60.